The highest BCUT2D eigenvalue weighted by Gasteiger charge is 2.46. The summed E-state index contributed by atoms with van der Waals surface area (Å²) in [4.78, 5) is 0.113. The predicted molar refractivity (Wildman–Crippen MR) is 116 cm³/mol. The molecule has 0 amide bonds. The molecule has 1 heterocycles. The zero-order valence-electron chi connectivity index (χ0n) is 16.4. The minimum Gasteiger partial charge on any atom is -0.456 e. The minimum atomic E-state index is -3.74. The maximum Gasteiger partial charge on any atom is 0.243 e. The molecule has 1 saturated heterocycles. The number of sulfonamides is 1. The first kappa shape index (κ1) is 21.6. The molecule has 4 rings (SSSR count). The summed E-state index contributed by atoms with van der Waals surface area (Å²) in [6.45, 7) is 0.0537. The molecular weight excluding hydrogens is 446 g/mol. The number of benzene rings is 2. The van der Waals surface area contributed by atoms with E-state index >= 15 is 0 Å². The first-order valence-corrected chi connectivity index (χ1v) is 13.5. The van der Waals surface area contributed by atoms with Gasteiger partial charge in [-0.1, -0.05) is 43.0 Å². The van der Waals surface area contributed by atoms with Crippen molar-refractivity contribution in [1.29, 1.82) is 0 Å². The molecule has 0 bridgehead atoms. The summed E-state index contributed by atoms with van der Waals surface area (Å²) in [7, 11) is -7.02. The predicted octanol–water partition coefficient (Wildman–Crippen LogP) is 4.25. The summed E-state index contributed by atoms with van der Waals surface area (Å²) in [5.41, 5.74) is 0. The highest BCUT2D eigenvalue weighted by molar-refractivity contribution is 7.93. The van der Waals surface area contributed by atoms with Crippen molar-refractivity contribution in [2.24, 2.45) is 0 Å². The number of halogens is 1. The Kier molecular flexibility index (Phi) is 6.12. The van der Waals surface area contributed by atoms with Gasteiger partial charge < -0.3 is 4.74 Å². The molecule has 0 unspecified atom stereocenters. The number of rotatable bonds is 6. The van der Waals surface area contributed by atoms with Gasteiger partial charge in [0.15, 0.2) is 9.84 Å². The molecular formula is C21H24ClNO5S2. The average Bonchev–Trinajstić information content (AvgIpc) is 2.69. The molecule has 2 aromatic carbocycles. The maximum atomic E-state index is 12.9. The molecule has 2 aliphatic rings. The Morgan fingerprint density at radius 1 is 0.833 bits per heavy atom. The lowest BCUT2D eigenvalue weighted by Gasteiger charge is -2.39. The number of hydrogen-bond donors (Lipinski definition) is 0. The van der Waals surface area contributed by atoms with Crippen LogP contribution in [0.15, 0.2) is 53.4 Å². The number of hydrogen-bond acceptors (Lipinski definition) is 5. The van der Waals surface area contributed by atoms with Crippen LogP contribution in [-0.2, 0) is 19.9 Å². The standard InChI is InChI=1S/C21H24ClNO5S2/c22-20-8-4-5-9-21(20)28-16-10-12-18(13-11-16)30(26,27)23-14-19(15-23)29(24,25)17-6-2-1-3-7-17/h4-5,8-13,17,19H,1-3,6-7,14-15H2. The van der Waals surface area contributed by atoms with E-state index < -0.39 is 25.1 Å². The second kappa shape index (κ2) is 8.49. The van der Waals surface area contributed by atoms with Crippen LogP contribution in [0.4, 0.5) is 0 Å². The van der Waals surface area contributed by atoms with Crippen LogP contribution in [0.2, 0.25) is 5.02 Å². The molecule has 2 aromatic rings. The van der Waals surface area contributed by atoms with Crippen molar-refractivity contribution in [3.63, 3.8) is 0 Å². The molecule has 9 heteroatoms. The molecule has 162 valence electrons. The van der Waals surface area contributed by atoms with Crippen molar-refractivity contribution in [3.05, 3.63) is 53.6 Å². The van der Waals surface area contributed by atoms with Crippen LogP contribution in [0.1, 0.15) is 32.1 Å². The molecule has 0 spiro atoms. The Morgan fingerprint density at radius 3 is 2.10 bits per heavy atom. The topological polar surface area (TPSA) is 80.8 Å². The Morgan fingerprint density at radius 2 is 1.47 bits per heavy atom. The second-order valence-corrected chi connectivity index (χ2v) is 12.7. The molecule has 0 N–H and O–H groups in total. The first-order chi connectivity index (χ1) is 14.3. The van der Waals surface area contributed by atoms with E-state index in [4.69, 9.17) is 16.3 Å². The van der Waals surface area contributed by atoms with Crippen LogP contribution in [0.3, 0.4) is 0 Å². The zero-order valence-corrected chi connectivity index (χ0v) is 18.8. The van der Waals surface area contributed by atoms with E-state index in [1.165, 1.54) is 16.4 Å². The Bertz CT molecular complexity index is 1100. The van der Waals surface area contributed by atoms with Crippen LogP contribution >= 0.6 is 11.6 Å². The van der Waals surface area contributed by atoms with Crippen molar-refractivity contribution in [1.82, 2.24) is 4.31 Å². The SMILES string of the molecule is O=S(=O)(C1CCCCC1)C1CN(S(=O)(=O)c2ccc(Oc3ccccc3Cl)cc2)C1. The van der Waals surface area contributed by atoms with E-state index in [1.54, 1.807) is 36.4 Å². The third-order valence-electron chi connectivity index (χ3n) is 5.82. The Hall–Kier alpha value is -1.61. The van der Waals surface area contributed by atoms with Crippen LogP contribution < -0.4 is 4.74 Å². The highest BCUT2D eigenvalue weighted by atomic mass is 35.5. The molecule has 0 aromatic heterocycles. The summed E-state index contributed by atoms with van der Waals surface area (Å²) in [5, 5.41) is -0.458. The molecule has 0 atom stereocenters. The summed E-state index contributed by atoms with van der Waals surface area (Å²) in [6.07, 6.45) is 4.33. The van der Waals surface area contributed by atoms with Crippen molar-refractivity contribution >= 4 is 31.5 Å². The zero-order chi connectivity index (χ0) is 21.4. The van der Waals surface area contributed by atoms with Gasteiger partial charge in [0.1, 0.15) is 11.5 Å². The number of para-hydroxylation sites is 1. The largest absolute Gasteiger partial charge is 0.456 e. The molecule has 0 radical (unpaired) electrons. The molecule has 1 saturated carbocycles. The molecule has 1 aliphatic carbocycles. The fourth-order valence-corrected chi connectivity index (χ4v) is 8.16. The van der Waals surface area contributed by atoms with Crippen molar-refractivity contribution in [2.75, 3.05) is 13.1 Å². The minimum absolute atomic E-state index is 0.0268. The van der Waals surface area contributed by atoms with E-state index in [9.17, 15) is 16.8 Å². The lowest BCUT2D eigenvalue weighted by Crippen LogP contribution is -2.58. The Labute approximate surface area is 182 Å². The van der Waals surface area contributed by atoms with Gasteiger partial charge in [-0.15, -0.1) is 0 Å². The summed E-state index contributed by atoms with van der Waals surface area (Å²) < 4.78 is 58.2. The lowest BCUT2D eigenvalue weighted by molar-refractivity contribution is 0.306. The fourth-order valence-electron chi connectivity index (χ4n) is 3.95. The van der Waals surface area contributed by atoms with E-state index in [-0.39, 0.29) is 23.2 Å². The van der Waals surface area contributed by atoms with Crippen molar-refractivity contribution in [3.8, 4) is 11.5 Å². The maximum absolute atomic E-state index is 12.9. The van der Waals surface area contributed by atoms with Gasteiger partial charge in [0, 0.05) is 13.1 Å². The summed E-state index contributed by atoms with van der Waals surface area (Å²) in [5.74, 6) is 0.941. The van der Waals surface area contributed by atoms with E-state index in [0.717, 1.165) is 19.3 Å². The molecule has 6 nitrogen and oxygen atoms in total. The van der Waals surface area contributed by atoms with Crippen LogP contribution in [0, 0.1) is 0 Å². The van der Waals surface area contributed by atoms with Gasteiger partial charge in [-0.2, -0.15) is 4.31 Å². The van der Waals surface area contributed by atoms with Gasteiger partial charge in [0.25, 0.3) is 0 Å². The quantitative estimate of drug-likeness (QED) is 0.631. The average molecular weight is 470 g/mol. The Balaban J connectivity index is 1.41. The first-order valence-electron chi connectivity index (χ1n) is 10.0. The van der Waals surface area contributed by atoms with Gasteiger partial charge in [-0.3, -0.25) is 0 Å². The van der Waals surface area contributed by atoms with Gasteiger partial charge >= 0.3 is 0 Å². The highest BCUT2D eigenvalue weighted by Crippen LogP contribution is 2.33. The third-order valence-corrected chi connectivity index (χ3v) is 10.6. The number of sulfone groups is 1. The lowest BCUT2D eigenvalue weighted by atomic mass is 10.0. The van der Waals surface area contributed by atoms with Crippen LogP contribution in [-0.4, -0.2) is 44.7 Å². The molecule has 30 heavy (non-hydrogen) atoms. The van der Waals surface area contributed by atoms with Crippen molar-refractivity contribution < 1.29 is 21.6 Å². The van der Waals surface area contributed by atoms with E-state index in [1.807, 2.05) is 0 Å². The van der Waals surface area contributed by atoms with Crippen LogP contribution in [0.25, 0.3) is 0 Å². The van der Waals surface area contributed by atoms with Gasteiger partial charge in [0.05, 0.1) is 20.4 Å². The second-order valence-electron chi connectivity index (χ2n) is 7.80. The van der Waals surface area contributed by atoms with Gasteiger partial charge in [-0.25, -0.2) is 16.8 Å². The number of ether oxygens (including phenoxy) is 1. The van der Waals surface area contributed by atoms with Gasteiger partial charge in [-0.05, 0) is 49.2 Å². The smallest absolute Gasteiger partial charge is 0.243 e. The normalized spacial score (nSPS) is 19.4. The van der Waals surface area contributed by atoms with Crippen molar-refractivity contribution in [2.45, 2.75) is 47.5 Å². The van der Waals surface area contributed by atoms with E-state index in [2.05, 4.69) is 0 Å². The van der Waals surface area contributed by atoms with Crippen LogP contribution in [0.5, 0.6) is 11.5 Å². The summed E-state index contributed by atoms with van der Waals surface area (Å²) >= 11 is 6.08. The fraction of sp³-hybridized carbons (Fsp3) is 0.429. The monoisotopic (exact) mass is 469 g/mol. The molecule has 2 fully saturated rings. The number of nitrogens with zero attached hydrogens (tertiary/aromatic N) is 1. The third kappa shape index (κ3) is 4.23. The van der Waals surface area contributed by atoms with Gasteiger partial charge in [0.2, 0.25) is 10.0 Å². The van der Waals surface area contributed by atoms with E-state index in [0.29, 0.717) is 29.4 Å². The summed E-state index contributed by atoms with van der Waals surface area (Å²) in [6, 6.07) is 13.1. The molecule has 1 aliphatic heterocycles.